The highest BCUT2D eigenvalue weighted by atomic mass is 32.2. The van der Waals surface area contributed by atoms with Crippen molar-refractivity contribution in [2.45, 2.75) is 44.9 Å². The van der Waals surface area contributed by atoms with Crippen molar-refractivity contribution in [3.63, 3.8) is 0 Å². The highest BCUT2D eigenvalue weighted by Gasteiger charge is 2.22. The van der Waals surface area contributed by atoms with Gasteiger partial charge in [-0.05, 0) is 50.1 Å². The van der Waals surface area contributed by atoms with Crippen LogP contribution in [0.3, 0.4) is 0 Å². The molecule has 0 saturated heterocycles. The number of ether oxygens (including phenoxy) is 2. The lowest BCUT2D eigenvalue weighted by Gasteiger charge is -2.14. The van der Waals surface area contributed by atoms with E-state index in [2.05, 4.69) is 10.0 Å². The van der Waals surface area contributed by atoms with Crippen LogP contribution in [0.15, 0.2) is 47.4 Å². The zero-order valence-electron chi connectivity index (χ0n) is 17.2. The molecule has 0 spiro atoms. The van der Waals surface area contributed by atoms with Crippen LogP contribution < -0.4 is 14.8 Å². The van der Waals surface area contributed by atoms with Crippen molar-refractivity contribution in [2.75, 3.05) is 13.7 Å². The summed E-state index contributed by atoms with van der Waals surface area (Å²) in [6.07, 6.45) is 0. The first-order chi connectivity index (χ1) is 13.8. The molecule has 0 aliphatic carbocycles. The van der Waals surface area contributed by atoms with Gasteiger partial charge in [0.15, 0.2) is 0 Å². The Morgan fingerprint density at radius 1 is 1.07 bits per heavy atom. The van der Waals surface area contributed by atoms with E-state index >= 15 is 0 Å². The Labute approximate surface area is 172 Å². The van der Waals surface area contributed by atoms with Gasteiger partial charge in [0, 0.05) is 24.8 Å². The van der Waals surface area contributed by atoms with Crippen LogP contribution in [0.1, 0.15) is 42.3 Å². The molecule has 1 amide bonds. The lowest BCUT2D eigenvalue weighted by atomic mass is 10.1. The Morgan fingerprint density at radius 3 is 2.31 bits per heavy atom. The lowest BCUT2D eigenvalue weighted by Crippen LogP contribution is -2.31. The maximum Gasteiger partial charge on any atom is 0.251 e. The molecule has 0 aliphatic rings. The fraction of sp³-hybridized carbons (Fsp3) is 0.381. The third kappa shape index (κ3) is 6.56. The second-order valence-corrected chi connectivity index (χ2v) is 8.46. The van der Waals surface area contributed by atoms with Crippen molar-refractivity contribution in [3.8, 4) is 5.75 Å². The van der Waals surface area contributed by atoms with Crippen molar-refractivity contribution < 1.29 is 22.7 Å². The molecule has 0 fully saturated rings. The quantitative estimate of drug-likeness (QED) is 0.616. The van der Waals surface area contributed by atoms with E-state index < -0.39 is 10.0 Å². The van der Waals surface area contributed by atoms with Gasteiger partial charge in [-0.15, -0.1) is 0 Å². The number of hydrogen-bond donors (Lipinski definition) is 2. The average molecular weight is 421 g/mol. The fourth-order valence-corrected chi connectivity index (χ4v) is 4.11. The monoisotopic (exact) mass is 420 g/mol. The van der Waals surface area contributed by atoms with E-state index in [9.17, 15) is 13.2 Å². The lowest BCUT2D eigenvalue weighted by molar-refractivity contribution is 0.0950. The topological polar surface area (TPSA) is 93.7 Å². The molecule has 0 aromatic heterocycles. The normalized spacial score (nSPS) is 11.5. The summed E-state index contributed by atoms with van der Waals surface area (Å²) in [6.45, 7) is 6.92. The molecule has 2 aromatic carbocycles. The number of rotatable bonds is 10. The van der Waals surface area contributed by atoms with Crippen LogP contribution in [0.2, 0.25) is 0 Å². The van der Waals surface area contributed by atoms with Gasteiger partial charge in [0.2, 0.25) is 10.0 Å². The minimum atomic E-state index is -3.80. The first kappa shape index (κ1) is 22.9. The van der Waals surface area contributed by atoms with Crippen molar-refractivity contribution in [2.24, 2.45) is 0 Å². The van der Waals surface area contributed by atoms with Crippen LogP contribution in [0, 0.1) is 0 Å². The number of carbonyl (C=O) groups is 1. The molecule has 7 nitrogen and oxygen atoms in total. The summed E-state index contributed by atoms with van der Waals surface area (Å²) in [5.74, 6) is -0.188. The van der Waals surface area contributed by atoms with Crippen LogP contribution in [-0.4, -0.2) is 34.1 Å². The summed E-state index contributed by atoms with van der Waals surface area (Å²) in [7, 11) is -2.42. The summed E-state index contributed by atoms with van der Waals surface area (Å²) >= 11 is 0. The van der Waals surface area contributed by atoms with Crippen LogP contribution in [0.25, 0.3) is 0 Å². The van der Waals surface area contributed by atoms with Gasteiger partial charge in [-0.3, -0.25) is 4.79 Å². The highest BCUT2D eigenvalue weighted by Crippen LogP contribution is 2.25. The Morgan fingerprint density at radius 2 is 1.72 bits per heavy atom. The summed E-state index contributed by atoms with van der Waals surface area (Å²) in [5.41, 5.74) is 2.23. The number of sulfonamides is 1. The molecule has 0 radical (unpaired) electrons. The first-order valence-corrected chi connectivity index (χ1v) is 10.9. The summed E-state index contributed by atoms with van der Waals surface area (Å²) in [5, 5.41) is 2.81. The maximum absolute atomic E-state index is 12.6. The first-order valence-electron chi connectivity index (χ1n) is 9.41. The van der Waals surface area contributed by atoms with E-state index in [1.807, 2.05) is 31.2 Å². The summed E-state index contributed by atoms with van der Waals surface area (Å²) in [4.78, 5) is 12.5. The molecular weight excluding hydrogens is 392 g/mol. The summed E-state index contributed by atoms with van der Waals surface area (Å²) < 4.78 is 38.1. The van der Waals surface area contributed by atoms with Gasteiger partial charge in [-0.1, -0.05) is 24.3 Å². The van der Waals surface area contributed by atoms with E-state index in [-0.39, 0.29) is 28.2 Å². The Kier molecular flexibility index (Phi) is 8.19. The second kappa shape index (κ2) is 10.4. The Bertz CT molecular complexity index is 925. The molecule has 0 saturated carbocycles. The number of amides is 1. The van der Waals surface area contributed by atoms with Crippen molar-refractivity contribution in [1.82, 2.24) is 10.0 Å². The molecule has 8 heteroatoms. The predicted molar refractivity (Wildman–Crippen MR) is 111 cm³/mol. The zero-order valence-corrected chi connectivity index (χ0v) is 18.0. The minimum absolute atomic E-state index is 0.0679. The van der Waals surface area contributed by atoms with Crippen molar-refractivity contribution in [3.05, 3.63) is 59.2 Å². The number of benzene rings is 2. The molecule has 0 aliphatic heterocycles. The van der Waals surface area contributed by atoms with E-state index in [1.54, 1.807) is 13.8 Å². The molecule has 0 unspecified atom stereocenters. The minimum Gasteiger partial charge on any atom is -0.495 e. The molecule has 2 rings (SSSR count). The van der Waals surface area contributed by atoms with Gasteiger partial charge in [0.1, 0.15) is 10.6 Å². The van der Waals surface area contributed by atoms with Crippen LogP contribution in [0.5, 0.6) is 5.75 Å². The molecule has 2 aromatic rings. The average Bonchev–Trinajstić information content (AvgIpc) is 2.69. The van der Waals surface area contributed by atoms with E-state index in [1.165, 1.54) is 25.3 Å². The van der Waals surface area contributed by atoms with E-state index in [4.69, 9.17) is 9.47 Å². The van der Waals surface area contributed by atoms with Gasteiger partial charge in [-0.25, -0.2) is 13.1 Å². The molecule has 29 heavy (non-hydrogen) atoms. The van der Waals surface area contributed by atoms with Crippen molar-refractivity contribution in [1.29, 1.82) is 0 Å². The molecule has 0 bridgehead atoms. The van der Waals surface area contributed by atoms with Gasteiger partial charge < -0.3 is 14.8 Å². The fourth-order valence-electron chi connectivity index (χ4n) is 2.66. The molecule has 0 atom stereocenters. The molecular formula is C21H28N2O5S. The van der Waals surface area contributed by atoms with Gasteiger partial charge >= 0.3 is 0 Å². The van der Waals surface area contributed by atoms with Crippen LogP contribution in [0.4, 0.5) is 0 Å². The largest absolute Gasteiger partial charge is 0.495 e. The molecule has 158 valence electrons. The number of nitrogens with one attached hydrogen (secondary N) is 2. The number of methoxy groups -OCH3 is 1. The van der Waals surface area contributed by atoms with Crippen LogP contribution >= 0.6 is 0 Å². The van der Waals surface area contributed by atoms with Gasteiger partial charge in [-0.2, -0.15) is 0 Å². The second-order valence-electron chi connectivity index (χ2n) is 6.78. The summed E-state index contributed by atoms with van der Waals surface area (Å²) in [6, 6.07) is 11.8. The van der Waals surface area contributed by atoms with Gasteiger partial charge in [0.05, 0.1) is 13.7 Å². The third-order valence-electron chi connectivity index (χ3n) is 4.06. The van der Waals surface area contributed by atoms with Crippen molar-refractivity contribution >= 4 is 15.9 Å². The van der Waals surface area contributed by atoms with E-state index in [0.29, 0.717) is 19.8 Å². The van der Waals surface area contributed by atoms with Gasteiger partial charge in [0.25, 0.3) is 5.91 Å². The zero-order chi connectivity index (χ0) is 21.4. The number of hydrogen-bond acceptors (Lipinski definition) is 5. The standard InChI is InChI=1S/C21H28N2O5S/c1-5-28-14-17-8-6-16(7-9-17)13-22-21(24)18-10-11-19(27-4)20(12-18)29(25,26)23-15(2)3/h6-12,15,23H,5,13-14H2,1-4H3,(H,22,24). The van der Waals surface area contributed by atoms with E-state index in [0.717, 1.165) is 11.1 Å². The Balaban J connectivity index is 2.12. The number of carbonyl (C=O) groups excluding carboxylic acids is 1. The highest BCUT2D eigenvalue weighted by molar-refractivity contribution is 7.89. The molecule has 0 heterocycles. The third-order valence-corrected chi connectivity index (χ3v) is 5.73. The SMILES string of the molecule is CCOCc1ccc(CNC(=O)c2ccc(OC)c(S(=O)(=O)NC(C)C)c2)cc1. The Hall–Kier alpha value is -2.42. The predicted octanol–water partition coefficient (Wildman–Crippen LogP) is 2.85. The maximum atomic E-state index is 12.6. The molecule has 2 N–H and O–H groups in total. The van der Waals surface area contributed by atoms with Crippen LogP contribution in [-0.2, 0) is 27.9 Å². The smallest absolute Gasteiger partial charge is 0.251 e.